The van der Waals surface area contributed by atoms with Gasteiger partial charge in [0.25, 0.3) is 5.92 Å². The van der Waals surface area contributed by atoms with Crippen LogP contribution in [0.3, 0.4) is 0 Å². The summed E-state index contributed by atoms with van der Waals surface area (Å²) >= 11 is 3.34. The number of hydrogen-bond donors (Lipinski definition) is 0. The number of ether oxygens (including phenoxy) is 1. The molecule has 0 N–H and O–H groups in total. The van der Waals surface area contributed by atoms with Gasteiger partial charge in [-0.25, -0.2) is 13.6 Å². The van der Waals surface area contributed by atoms with E-state index in [1.54, 1.807) is 6.07 Å². The maximum atomic E-state index is 13.4. The van der Waals surface area contributed by atoms with Crippen molar-refractivity contribution in [1.82, 2.24) is 9.78 Å². The molecule has 0 saturated carbocycles. The van der Waals surface area contributed by atoms with Gasteiger partial charge in [-0.1, -0.05) is 22.0 Å². The molecule has 1 aliphatic heterocycles. The van der Waals surface area contributed by atoms with Crippen molar-refractivity contribution in [1.29, 1.82) is 0 Å². The molecule has 0 amide bonds. The van der Waals surface area contributed by atoms with E-state index < -0.39 is 17.8 Å². The zero-order valence-electron chi connectivity index (χ0n) is 12.4. The highest BCUT2D eigenvalue weighted by atomic mass is 79.9. The molecule has 1 aromatic carbocycles. The van der Waals surface area contributed by atoms with Crippen molar-refractivity contribution in [2.24, 2.45) is 0 Å². The van der Waals surface area contributed by atoms with Gasteiger partial charge in [0, 0.05) is 17.3 Å². The third-order valence-corrected chi connectivity index (χ3v) is 4.23. The lowest BCUT2D eigenvalue weighted by atomic mass is 10.0. The van der Waals surface area contributed by atoms with E-state index >= 15 is 0 Å². The molecule has 1 unspecified atom stereocenters. The molecular weight excluding hydrogens is 374 g/mol. The van der Waals surface area contributed by atoms with E-state index in [0.29, 0.717) is 5.69 Å². The van der Waals surface area contributed by atoms with Gasteiger partial charge in [-0.2, -0.15) is 4.68 Å². The maximum absolute atomic E-state index is 13.4. The number of aryl methyl sites for hydroxylation is 1. The largest absolute Gasteiger partial charge is 0.441 e. The molecule has 1 atom stereocenters. The Morgan fingerprint density at radius 1 is 1.48 bits per heavy atom. The van der Waals surface area contributed by atoms with E-state index in [4.69, 9.17) is 9.15 Å². The van der Waals surface area contributed by atoms with Crippen LogP contribution in [-0.4, -0.2) is 28.4 Å². The molecule has 1 saturated heterocycles. The summed E-state index contributed by atoms with van der Waals surface area (Å²) in [4.78, 5) is 12.0. The van der Waals surface area contributed by atoms with Crippen LogP contribution in [0.2, 0.25) is 0 Å². The van der Waals surface area contributed by atoms with E-state index in [-0.39, 0.29) is 31.8 Å². The van der Waals surface area contributed by atoms with Crippen LogP contribution < -0.4 is 5.76 Å². The van der Waals surface area contributed by atoms with Crippen LogP contribution in [0.4, 0.5) is 8.78 Å². The Morgan fingerprint density at radius 3 is 3.00 bits per heavy atom. The third kappa shape index (κ3) is 3.69. The van der Waals surface area contributed by atoms with Crippen LogP contribution in [0.5, 0.6) is 0 Å². The summed E-state index contributed by atoms with van der Waals surface area (Å²) in [6.07, 6.45) is -1.32. The van der Waals surface area contributed by atoms with Crippen molar-refractivity contribution < 1.29 is 17.9 Å². The fraction of sp³-hybridized carbons (Fsp3) is 0.467. The first kappa shape index (κ1) is 16.3. The summed E-state index contributed by atoms with van der Waals surface area (Å²) in [5, 5.41) is 4.12. The first-order valence-corrected chi connectivity index (χ1v) is 7.98. The third-order valence-electron chi connectivity index (χ3n) is 3.74. The summed E-state index contributed by atoms with van der Waals surface area (Å²) in [5.41, 5.74) is 1.42. The van der Waals surface area contributed by atoms with Gasteiger partial charge in [-0.3, -0.25) is 0 Å². The highest BCUT2D eigenvalue weighted by Gasteiger charge is 2.37. The van der Waals surface area contributed by atoms with Crippen LogP contribution >= 0.6 is 15.9 Å². The van der Waals surface area contributed by atoms with Gasteiger partial charge < -0.3 is 9.15 Å². The minimum absolute atomic E-state index is 0.00660. The van der Waals surface area contributed by atoms with Crippen LogP contribution in [0, 0.1) is 6.92 Å². The molecule has 1 aromatic heterocycles. The lowest BCUT2D eigenvalue weighted by Gasteiger charge is -2.28. The molecule has 3 rings (SSSR count). The average molecular weight is 389 g/mol. The average Bonchev–Trinajstić information content (AvgIpc) is 2.81. The summed E-state index contributed by atoms with van der Waals surface area (Å²) in [6.45, 7) is 1.83. The fourth-order valence-electron chi connectivity index (χ4n) is 2.56. The summed E-state index contributed by atoms with van der Waals surface area (Å²) in [6, 6.07) is 5.43. The molecular formula is C15H15BrF2N2O3. The number of halogens is 3. The standard InChI is InChI=1S/C15H15BrF2N2O3/c1-9-2-3-10(16)6-12(9)20-14(21)23-13(19-20)7-11-8-15(17,18)4-5-22-11/h2-3,6,11H,4-5,7-8H2,1H3. The molecule has 124 valence electrons. The second kappa shape index (κ2) is 6.16. The Morgan fingerprint density at radius 2 is 2.26 bits per heavy atom. The van der Waals surface area contributed by atoms with Crippen LogP contribution in [0.1, 0.15) is 24.3 Å². The van der Waals surface area contributed by atoms with Gasteiger partial charge in [0.2, 0.25) is 5.89 Å². The molecule has 0 aliphatic carbocycles. The second-order valence-electron chi connectivity index (χ2n) is 5.61. The minimum Gasteiger partial charge on any atom is -0.392 e. The summed E-state index contributed by atoms with van der Waals surface area (Å²) in [7, 11) is 0. The molecule has 1 fully saturated rings. The van der Waals surface area contributed by atoms with Crippen molar-refractivity contribution >= 4 is 15.9 Å². The van der Waals surface area contributed by atoms with E-state index in [1.165, 1.54) is 0 Å². The molecule has 0 radical (unpaired) electrons. The molecule has 1 aliphatic rings. The molecule has 0 bridgehead atoms. The number of rotatable bonds is 3. The molecule has 8 heteroatoms. The number of nitrogens with zero attached hydrogens (tertiary/aromatic N) is 2. The predicted octanol–water partition coefficient (Wildman–Crippen LogP) is 3.25. The Labute approximate surface area is 139 Å². The molecule has 2 heterocycles. The second-order valence-corrected chi connectivity index (χ2v) is 6.53. The van der Waals surface area contributed by atoms with Crippen molar-refractivity contribution in [3.05, 3.63) is 44.7 Å². The minimum atomic E-state index is -2.74. The lowest BCUT2D eigenvalue weighted by molar-refractivity contribution is -0.127. The van der Waals surface area contributed by atoms with E-state index in [9.17, 15) is 13.6 Å². The Balaban J connectivity index is 1.84. The summed E-state index contributed by atoms with van der Waals surface area (Å²) in [5.74, 6) is -3.30. The predicted molar refractivity (Wildman–Crippen MR) is 82.2 cm³/mol. The number of hydrogen-bond acceptors (Lipinski definition) is 4. The quantitative estimate of drug-likeness (QED) is 0.809. The molecule has 0 spiro atoms. The summed E-state index contributed by atoms with van der Waals surface area (Å²) < 4.78 is 39.1. The molecule has 5 nitrogen and oxygen atoms in total. The van der Waals surface area contributed by atoms with Gasteiger partial charge in [0.1, 0.15) is 0 Å². The van der Waals surface area contributed by atoms with E-state index in [0.717, 1.165) is 14.7 Å². The normalized spacial score (nSPS) is 20.6. The number of benzene rings is 1. The monoisotopic (exact) mass is 388 g/mol. The van der Waals surface area contributed by atoms with Gasteiger partial charge in [0.05, 0.1) is 24.8 Å². The Hall–Kier alpha value is -1.54. The van der Waals surface area contributed by atoms with E-state index in [1.807, 2.05) is 19.1 Å². The van der Waals surface area contributed by atoms with Crippen LogP contribution in [0.15, 0.2) is 31.9 Å². The van der Waals surface area contributed by atoms with Crippen molar-refractivity contribution in [3.63, 3.8) is 0 Å². The lowest BCUT2D eigenvalue weighted by Crippen LogP contribution is -2.35. The van der Waals surface area contributed by atoms with Gasteiger partial charge in [-0.05, 0) is 24.6 Å². The Bertz CT molecular complexity index is 772. The first-order chi connectivity index (χ1) is 10.8. The van der Waals surface area contributed by atoms with Gasteiger partial charge in [-0.15, -0.1) is 5.10 Å². The zero-order chi connectivity index (χ0) is 16.6. The van der Waals surface area contributed by atoms with Crippen molar-refractivity contribution in [3.8, 4) is 5.69 Å². The van der Waals surface area contributed by atoms with Crippen molar-refractivity contribution in [2.75, 3.05) is 6.61 Å². The van der Waals surface area contributed by atoms with E-state index in [2.05, 4.69) is 21.0 Å². The maximum Gasteiger partial charge on any atom is 0.441 e. The highest BCUT2D eigenvalue weighted by molar-refractivity contribution is 9.10. The smallest absolute Gasteiger partial charge is 0.392 e. The SMILES string of the molecule is Cc1ccc(Br)cc1-n1nc(CC2CC(F)(F)CCO2)oc1=O. The first-order valence-electron chi connectivity index (χ1n) is 7.19. The number of aromatic nitrogens is 2. The fourth-order valence-corrected chi connectivity index (χ4v) is 2.91. The van der Waals surface area contributed by atoms with Crippen LogP contribution in [0.25, 0.3) is 5.69 Å². The van der Waals surface area contributed by atoms with Gasteiger partial charge >= 0.3 is 5.76 Å². The highest BCUT2D eigenvalue weighted by Crippen LogP contribution is 2.31. The topological polar surface area (TPSA) is 57.3 Å². The van der Waals surface area contributed by atoms with Crippen LogP contribution in [-0.2, 0) is 11.2 Å². The number of alkyl halides is 2. The van der Waals surface area contributed by atoms with Crippen molar-refractivity contribution in [2.45, 2.75) is 38.2 Å². The zero-order valence-corrected chi connectivity index (χ0v) is 14.0. The molecule has 2 aromatic rings. The molecule has 23 heavy (non-hydrogen) atoms. The van der Waals surface area contributed by atoms with Gasteiger partial charge in [0.15, 0.2) is 0 Å². The Kier molecular flexibility index (Phi) is 4.37.